The van der Waals surface area contributed by atoms with Gasteiger partial charge in [-0.05, 0) is 33.1 Å². The van der Waals surface area contributed by atoms with Crippen molar-refractivity contribution >= 4 is 17.4 Å². The Bertz CT molecular complexity index is 663. The van der Waals surface area contributed by atoms with Crippen LogP contribution in [0, 0.1) is 13.8 Å². The molecule has 0 fully saturated rings. The van der Waals surface area contributed by atoms with E-state index < -0.39 is 0 Å². The van der Waals surface area contributed by atoms with Gasteiger partial charge in [0.2, 0.25) is 0 Å². The van der Waals surface area contributed by atoms with Crippen molar-refractivity contribution in [2.75, 3.05) is 6.54 Å². The molecule has 2 amide bonds. The highest BCUT2D eigenvalue weighted by Crippen LogP contribution is 2.34. The van der Waals surface area contributed by atoms with E-state index in [2.05, 4.69) is 25.8 Å². The maximum absolute atomic E-state index is 11.9. The lowest BCUT2D eigenvalue weighted by Gasteiger charge is -2.21. The molecule has 2 aromatic rings. The van der Waals surface area contributed by atoms with E-state index in [1.54, 1.807) is 17.5 Å². The Kier molecular flexibility index (Phi) is 4.42. The molecule has 0 saturated carbocycles. The molecule has 1 aliphatic rings. The fourth-order valence-corrected chi connectivity index (χ4v) is 3.90. The van der Waals surface area contributed by atoms with Gasteiger partial charge in [0.1, 0.15) is 0 Å². The minimum atomic E-state index is -0.139. The maximum atomic E-state index is 11.9. The highest BCUT2D eigenvalue weighted by molar-refractivity contribution is 7.11. The number of H-pyrrole nitrogens is 1. The molecule has 22 heavy (non-hydrogen) atoms. The summed E-state index contributed by atoms with van der Waals surface area (Å²) in [5.41, 5.74) is 3.18. The molecule has 0 spiro atoms. The van der Waals surface area contributed by atoms with Gasteiger partial charge in [-0.25, -0.2) is 9.78 Å². The predicted octanol–water partition coefficient (Wildman–Crippen LogP) is 2.40. The summed E-state index contributed by atoms with van der Waals surface area (Å²) in [5.74, 6) is 0.343. The second-order valence-corrected chi connectivity index (χ2v) is 7.00. The number of aromatic nitrogens is 3. The number of carbonyl (C=O) groups is 1. The van der Waals surface area contributed by atoms with E-state index >= 15 is 0 Å². The van der Waals surface area contributed by atoms with Gasteiger partial charge in [-0.3, -0.25) is 5.10 Å². The molecule has 0 unspecified atom stereocenters. The Balaban J connectivity index is 1.50. The first kappa shape index (κ1) is 15.0. The fourth-order valence-electron chi connectivity index (χ4n) is 2.84. The minimum absolute atomic E-state index is 0.139. The van der Waals surface area contributed by atoms with Crippen molar-refractivity contribution in [2.45, 2.75) is 45.6 Å². The molecule has 0 aliphatic heterocycles. The summed E-state index contributed by atoms with van der Waals surface area (Å²) in [6, 6.07) is -0.139. The van der Waals surface area contributed by atoms with Gasteiger partial charge in [0.15, 0.2) is 0 Å². The summed E-state index contributed by atoms with van der Waals surface area (Å²) in [5, 5.41) is 13.8. The zero-order valence-corrected chi connectivity index (χ0v) is 13.7. The smallest absolute Gasteiger partial charge is 0.315 e. The van der Waals surface area contributed by atoms with Crippen LogP contribution in [-0.4, -0.2) is 27.8 Å². The number of aromatic amines is 1. The molecule has 1 atom stereocenters. The molecule has 6 nitrogen and oxygen atoms in total. The van der Waals surface area contributed by atoms with E-state index in [0.29, 0.717) is 19.0 Å². The standard InChI is InChI=1S/C15H21N5OS/c1-9-12(8-18-20-9)7-17-15(21)16-6-11-4-3-5-13-14(11)19-10(2)22-13/h8,11H,3-7H2,1-2H3,(H,18,20)(H2,16,17,21)/t11-/m1/s1. The van der Waals surface area contributed by atoms with Crippen molar-refractivity contribution in [2.24, 2.45) is 0 Å². The molecule has 0 aromatic carbocycles. The second-order valence-electron chi connectivity index (χ2n) is 5.71. The monoisotopic (exact) mass is 319 g/mol. The maximum Gasteiger partial charge on any atom is 0.315 e. The number of aryl methyl sites for hydroxylation is 3. The molecule has 2 aromatic heterocycles. The third-order valence-corrected chi connectivity index (χ3v) is 5.11. The number of fused-ring (bicyclic) bond motifs is 1. The van der Waals surface area contributed by atoms with Gasteiger partial charge in [-0.1, -0.05) is 0 Å². The van der Waals surface area contributed by atoms with Gasteiger partial charge >= 0.3 is 6.03 Å². The molecule has 7 heteroatoms. The summed E-state index contributed by atoms with van der Waals surface area (Å²) in [7, 11) is 0. The first-order chi connectivity index (χ1) is 10.6. The average Bonchev–Trinajstić information content (AvgIpc) is 3.07. The van der Waals surface area contributed by atoms with Crippen LogP contribution >= 0.6 is 11.3 Å². The lowest BCUT2D eigenvalue weighted by Crippen LogP contribution is -2.38. The van der Waals surface area contributed by atoms with Crippen LogP contribution in [0.1, 0.15) is 45.6 Å². The van der Waals surface area contributed by atoms with Crippen LogP contribution in [0.15, 0.2) is 6.20 Å². The largest absolute Gasteiger partial charge is 0.337 e. The quantitative estimate of drug-likeness (QED) is 0.809. The van der Waals surface area contributed by atoms with E-state index in [4.69, 9.17) is 0 Å². The van der Waals surface area contributed by atoms with E-state index in [0.717, 1.165) is 29.1 Å². The van der Waals surface area contributed by atoms with Gasteiger partial charge in [-0.2, -0.15) is 5.10 Å². The first-order valence-corrected chi connectivity index (χ1v) is 8.42. The Morgan fingerprint density at radius 1 is 1.45 bits per heavy atom. The third-order valence-electron chi connectivity index (χ3n) is 4.06. The third kappa shape index (κ3) is 3.30. The van der Waals surface area contributed by atoms with Crippen molar-refractivity contribution in [1.82, 2.24) is 25.8 Å². The van der Waals surface area contributed by atoms with Crippen LogP contribution in [0.25, 0.3) is 0 Å². The Labute approximate surface area is 133 Å². The van der Waals surface area contributed by atoms with Crippen molar-refractivity contribution in [3.63, 3.8) is 0 Å². The van der Waals surface area contributed by atoms with Gasteiger partial charge in [0.05, 0.1) is 16.9 Å². The molecule has 3 N–H and O–H groups in total. The molecular weight excluding hydrogens is 298 g/mol. The van der Waals surface area contributed by atoms with Crippen molar-refractivity contribution in [3.05, 3.63) is 33.0 Å². The van der Waals surface area contributed by atoms with Crippen LogP contribution in [0.2, 0.25) is 0 Å². The number of amides is 2. The van der Waals surface area contributed by atoms with Gasteiger partial charge < -0.3 is 10.6 Å². The highest BCUT2D eigenvalue weighted by Gasteiger charge is 2.24. The Morgan fingerprint density at radius 3 is 3.09 bits per heavy atom. The molecule has 118 valence electrons. The molecule has 0 radical (unpaired) electrons. The van der Waals surface area contributed by atoms with Crippen LogP contribution in [0.3, 0.4) is 0 Å². The van der Waals surface area contributed by atoms with Crippen LogP contribution in [-0.2, 0) is 13.0 Å². The van der Waals surface area contributed by atoms with Crippen molar-refractivity contribution in [1.29, 1.82) is 0 Å². The summed E-state index contributed by atoms with van der Waals surface area (Å²) < 4.78 is 0. The number of thiazole rings is 1. The van der Waals surface area contributed by atoms with Crippen molar-refractivity contribution < 1.29 is 4.79 Å². The number of hydrogen-bond donors (Lipinski definition) is 3. The number of nitrogens with one attached hydrogen (secondary N) is 3. The molecular formula is C15H21N5OS. The SMILES string of the molecule is Cc1nc2c(s1)CCC[C@@H]2CNC(=O)NCc1cn[nH]c1C. The number of nitrogens with zero attached hydrogens (tertiary/aromatic N) is 2. The average molecular weight is 319 g/mol. The number of hydrogen-bond acceptors (Lipinski definition) is 4. The first-order valence-electron chi connectivity index (χ1n) is 7.60. The summed E-state index contributed by atoms with van der Waals surface area (Å²) in [6.45, 7) is 5.12. The van der Waals surface area contributed by atoms with E-state index in [9.17, 15) is 4.79 Å². The Morgan fingerprint density at radius 2 is 2.32 bits per heavy atom. The topological polar surface area (TPSA) is 82.7 Å². The summed E-state index contributed by atoms with van der Waals surface area (Å²) in [4.78, 5) is 18.0. The van der Waals surface area contributed by atoms with E-state index in [1.165, 1.54) is 17.0 Å². The van der Waals surface area contributed by atoms with Crippen LogP contribution < -0.4 is 10.6 Å². The Hall–Kier alpha value is -1.89. The predicted molar refractivity (Wildman–Crippen MR) is 86.1 cm³/mol. The molecule has 0 saturated heterocycles. The number of rotatable bonds is 4. The fraction of sp³-hybridized carbons (Fsp3) is 0.533. The lowest BCUT2D eigenvalue weighted by molar-refractivity contribution is 0.239. The van der Waals surface area contributed by atoms with Gasteiger partial charge in [0.25, 0.3) is 0 Å². The van der Waals surface area contributed by atoms with E-state index in [-0.39, 0.29) is 6.03 Å². The van der Waals surface area contributed by atoms with Crippen LogP contribution in [0.4, 0.5) is 4.79 Å². The summed E-state index contributed by atoms with van der Waals surface area (Å²) in [6.07, 6.45) is 5.14. The summed E-state index contributed by atoms with van der Waals surface area (Å²) >= 11 is 1.79. The number of urea groups is 1. The highest BCUT2D eigenvalue weighted by atomic mass is 32.1. The lowest BCUT2D eigenvalue weighted by atomic mass is 9.91. The van der Waals surface area contributed by atoms with Gasteiger partial charge in [0, 0.05) is 35.1 Å². The normalized spacial score (nSPS) is 17.1. The molecule has 2 heterocycles. The molecule has 1 aliphatic carbocycles. The second kappa shape index (κ2) is 6.48. The van der Waals surface area contributed by atoms with E-state index in [1.807, 2.05) is 13.8 Å². The minimum Gasteiger partial charge on any atom is -0.337 e. The zero-order chi connectivity index (χ0) is 15.5. The van der Waals surface area contributed by atoms with Gasteiger partial charge in [-0.15, -0.1) is 11.3 Å². The number of carbonyl (C=O) groups excluding carboxylic acids is 1. The zero-order valence-electron chi connectivity index (χ0n) is 12.9. The van der Waals surface area contributed by atoms with Crippen LogP contribution in [0.5, 0.6) is 0 Å². The molecule has 3 rings (SSSR count). The molecule has 0 bridgehead atoms. The van der Waals surface area contributed by atoms with Crippen molar-refractivity contribution in [3.8, 4) is 0 Å².